The summed E-state index contributed by atoms with van der Waals surface area (Å²) in [4.78, 5) is 16.7. The molecule has 1 aliphatic rings. The number of carbonyl (C=O) groups is 1. The van der Waals surface area contributed by atoms with Crippen LogP contribution in [0.15, 0.2) is 28.2 Å². The number of urea groups is 1. The molecule has 6 nitrogen and oxygen atoms in total. The summed E-state index contributed by atoms with van der Waals surface area (Å²) < 4.78 is 5.16. The number of amides is 2. The molecule has 0 unspecified atom stereocenters. The van der Waals surface area contributed by atoms with E-state index in [1.807, 2.05) is 19.2 Å². The quantitative estimate of drug-likeness (QED) is 0.714. The Hall–Kier alpha value is -1.86. The lowest BCUT2D eigenvalue weighted by molar-refractivity contribution is 0.129. The van der Waals surface area contributed by atoms with Gasteiger partial charge in [0.2, 0.25) is 0 Å². The number of thiazole rings is 1. The first-order valence-electron chi connectivity index (χ1n) is 8.26. The summed E-state index contributed by atoms with van der Waals surface area (Å²) >= 11 is 1.67. The van der Waals surface area contributed by atoms with Gasteiger partial charge in [-0.3, -0.25) is 0 Å². The first-order valence-corrected chi connectivity index (χ1v) is 9.14. The minimum atomic E-state index is -0.729. The van der Waals surface area contributed by atoms with Gasteiger partial charge in [0, 0.05) is 23.8 Å². The zero-order valence-electron chi connectivity index (χ0n) is 13.9. The van der Waals surface area contributed by atoms with E-state index in [1.165, 1.54) is 24.1 Å². The van der Waals surface area contributed by atoms with E-state index in [9.17, 15) is 9.90 Å². The number of hydrogen-bond donors (Lipinski definition) is 3. The number of furan rings is 1. The lowest BCUT2D eigenvalue weighted by Crippen LogP contribution is -2.42. The van der Waals surface area contributed by atoms with Crippen molar-refractivity contribution in [2.45, 2.75) is 57.2 Å². The van der Waals surface area contributed by atoms with Gasteiger partial charge in [0.15, 0.2) is 0 Å². The van der Waals surface area contributed by atoms with E-state index >= 15 is 0 Å². The van der Waals surface area contributed by atoms with E-state index in [-0.39, 0.29) is 18.1 Å². The van der Waals surface area contributed by atoms with Crippen LogP contribution in [0.25, 0.3) is 0 Å². The Kier molecular flexibility index (Phi) is 5.20. The summed E-state index contributed by atoms with van der Waals surface area (Å²) in [7, 11) is 0. The van der Waals surface area contributed by atoms with Crippen LogP contribution in [-0.2, 0) is 0 Å². The van der Waals surface area contributed by atoms with Gasteiger partial charge in [-0.1, -0.05) is 0 Å². The number of aliphatic hydroxyl groups excluding tert-OH is 1. The first-order chi connectivity index (χ1) is 11.5. The second-order valence-corrected chi connectivity index (χ2v) is 7.28. The molecular weight excluding hydrogens is 326 g/mol. The molecule has 3 atom stereocenters. The van der Waals surface area contributed by atoms with E-state index in [4.69, 9.17) is 4.42 Å². The zero-order chi connectivity index (χ0) is 17.1. The highest BCUT2D eigenvalue weighted by Gasteiger charge is 2.27. The van der Waals surface area contributed by atoms with E-state index in [2.05, 4.69) is 15.6 Å². The van der Waals surface area contributed by atoms with Gasteiger partial charge >= 0.3 is 6.03 Å². The van der Waals surface area contributed by atoms with Crippen molar-refractivity contribution in [2.75, 3.05) is 0 Å². The maximum atomic E-state index is 12.1. The molecule has 0 saturated heterocycles. The van der Waals surface area contributed by atoms with Crippen LogP contribution < -0.4 is 10.6 Å². The van der Waals surface area contributed by atoms with E-state index in [0.29, 0.717) is 18.1 Å². The minimum absolute atomic E-state index is 0.143. The number of nitrogens with one attached hydrogen (secondary N) is 2. The van der Waals surface area contributed by atoms with Gasteiger partial charge in [-0.05, 0) is 38.8 Å². The predicted molar refractivity (Wildman–Crippen MR) is 91.9 cm³/mol. The van der Waals surface area contributed by atoms with Gasteiger partial charge < -0.3 is 20.2 Å². The van der Waals surface area contributed by atoms with Crippen molar-refractivity contribution >= 4 is 17.4 Å². The molecule has 2 aromatic heterocycles. The summed E-state index contributed by atoms with van der Waals surface area (Å²) in [6, 6.07) is 2.86. The normalized spacial score (nSPS) is 18.0. The fraction of sp³-hybridized carbons (Fsp3) is 0.529. The van der Waals surface area contributed by atoms with Gasteiger partial charge in [0.1, 0.15) is 11.9 Å². The molecule has 2 amide bonds. The lowest BCUT2D eigenvalue weighted by Gasteiger charge is -2.19. The van der Waals surface area contributed by atoms with Crippen LogP contribution >= 0.6 is 11.3 Å². The smallest absolute Gasteiger partial charge is 0.315 e. The van der Waals surface area contributed by atoms with Crippen molar-refractivity contribution in [3.05, 3.63) is 40.2 Å². The van der Waals surface area contributed by atoms with Gasteiger partial charge in [-0.25, -0.2) is 9.78 Å². The number of nitrogens with zero attached hydrogens (tertiary/aromatic N) is 1. The number of carbonyl (C=O) groups excluding carboxylic acids is 1. The van der Waals surface area contributed by atoms with Gasteiger partial charge in [0.05, 0.1) is 23.0 Å². The molecule has 0 bridgehead atoms. The molecule has 0 spiro atoms. The Labute approximate surface area is 145 Å². The topological polar surface area (TPSA) is 87.4 Å². The standard InChI is InChI=1S/C17H23N3O3S/c1-10(8-14(21)15-4-3-7-23-15)18-17(22)19-11(2)13-9-24-16(20-13)12-5-6-12/h3-4,7,9-12,14,21H,5-6,8H2,1-2H3,(H2,18,19,22)/t10-,11-,14+/m1/s1. The molecule has 130 valence electrons. The summed E-state index contributed by atoms with van der Waals surface area (Å²) in [5, 5.41) is 19.0. The van der Waals surface area contributed by atoms with Crippen molar-refractivity contribution in [3.63, 3.8) is 0 Å². The molecule has 1 fully saturated rings. The fourth-order valence-corrected chi connectivity index (χ4v) is 3.63. The van der Waals surface area contributed by atoms with Crippen LogP contribution in [0.1, 0.15) is 67.6 Å². The number of hydrogen-bond acceptors (Lipinski definition) is 5. The van der Waals surface area contributed by atoms with Gasteiger partial charge in [-0.15, -0.1) is 11.3 Å². The van der Waals surface area contributed by atoms with E-state index in [1.54, 1.807) is 23.5 Å². The van der Waals surface area contributed by atoms with Crippen LogP contribution in [0.5, 0.6) is 0 Å². The van der Waals surface area contributed by atoms with Crippen LogP contribution in [0.4, 0.5) is 4.79 Å². The molecule has 3 N–H and O–H groups in total. The number of aliphatic hydroxyl groups is 1. The van der Waals surface area contributed by atoms with Crippen LogP contribution in [0.2, 0.25) is 0 Å². The van der Waals surface area contributed by atoms with Crippen molar-refractivity contribution in [1.29, 1.82) is 0 Å². The van der Waals surface area contributed by atoms with Crippen molar-refractivity contribution in [3.8, 4) is 0 Å². The maximum Gasteiger partial charge on any atom is 0.315 e. The molecule has 0 radical (unpaired) electrons. The summed E-state index contributed by atoms with van der Waals surface area (Å²) in [5.41, 5.74) is 0.903. The predicted octanol–water partition coefficient (Wildman–Crippen LogP) is 3.49. The molecule has 2 aromatic rings. The molecule has 3 rings (SSSR count). The highest BCUT2D eigenvalue weighted by Crippen LogP contribution is 2.41. The Morgan fingerprint density at radius 2 is 2.25 bits per heavy atom. The first kappa shape index (κ1) is 17.0. The van der Waals surface area contributed by atoms with Crippen molar-refractivity contribution in [2.24, 2.45) is 0 Å². The van der Waals surface area contributed by atoms with Crippen LogP contribution in [0, 0.1) is 0 Å². The van der Waals surface area contributed by atoms with Crippen LogP contribution in [0.3, 0.4) is 0 Å². The Morgan fingerprint density at radius 1 is 1.46 bits per heavy atom. The third-order valence-electron chi connectivity index (χ3n) is 4.08. The summed E-state index contributed by atoms with van der Waals surface area (Å²) in [5.74, 6) is 1.14. The molecule has 2 heterocycles. The Morgan fingerprint density at radius 3 is 2.92 bits per heavy atom. The van der Waals surface area contributed by atoms with Crippen molar-refractivity contribution < 1.29 is 14.3 Å². The average Bonchev–Trinajstić information content (AvgIpc) is 3.04. The Bertz CT molecular complexity index is 666. The van der Waals surface area contributed by atoms with Crippen molar-refractivity contribution in [1.82, 2.24) is 15.6 Å². The average molecular weight is 349 g/mol. The molecule has 7 heteroatoms. The lowest BCUT2D eigenvalue weighted by atomic mass is 10.1. The third-order valence-corrected chi connectivity index (χ3v) is 5.11. The second-order valence-electron chi connectivity index (χ2n) is 6.39. The molecular formula is C17H23N3O3S. The van der Waals surface area contributed by atoms with Gasteiger partial charge in [-0.2, -0.15) is 0 Å². The largest absolute Gasteiger partial charge is 0.467 e. The highest BCUT2D eigenvalue weighted by molar-refractivity contribution is 7.09. The monoisotopic (exact) mass is 349 g/mol. The SMILES string of the molecule is C[C@H](C[C@H](O)c1ccco1)NC(=O)N[C@H](C)c1csc(C2CC2)n1. The van der Waals surface area contributed by atoms with Gasteiger partial charge in [0.25, 0.3) is 0 Å². The molecule has 1 aliphatic carbocycles. The molecule has 0 aromatic carbocycles. The molecule has 0 aliphatic heterocycles. The zero-order valence-corrected chi connectivity index (χ0v) is 14.7. The second kappa shape index (κ2) is 7.36. The van der Waals surface area contributed by atoms with E-state index < -0.39 is 6.10 Å². The number of rotatable bonds is 7. The maximum absolute atomic E-state index is 12.1. The molecule has 1 saturated carbocycles. The minimum Gasteiger partial charge on any atom is -0.467 e. The fourth-order valence-electron chi connectivity index (χ4n) is 2.54. The number of aromatic nitrogens is 1. The highest BCUT2D eigenvalue weighted by atomic mass is 32.1. The third kappa shape index (κ3) is 4.36. The Balaban J connectivity index is 1.45. The summed E-state index contributed by atoms with van der Waals surface area (Å²) in [6.07, 6.45) is 3.63. The van der Waals surface area contributed by atoms with E-state index in [0.717, 1.165) is 5.69 Å². The van der Waals surface area contributed by atoms with Crippen LogP contribution in [-0.4, -0.2) is 22.2 Å². The molecule has 24 heavy (non-hydrogen) atoms. The summed E-state index contributed by atoms with van der Waals surface area (Å²) in [6.45, 7) is 3.78.